The monoisotopic (exact) mass is 281 g/mol. The molecule has 1 aromatic heterocycles. The van der Waals surface area contributed by atoms with E-state index in [2.05, 4.69) is 15.8 Å². The molecule has 2 amide bonds. The largest absolute Gasteiger partial charge is 0.391 e. The Hall–Kier alpha value is -1.56. The van der Waals surface area contributed by atoms with Crippen LogP contribution in [0, 0.1) is 13.8 Å². The fourth-order valence-corrected chi connectivity index (χ4v) is 2.87. The summed E-state index contributed by atoms with van der Waals surface area (Å²) in [6.07, 6.45) is 3.21. The van der Waals surface area contributed by atoms with Crippen LogP contribution in [0.3, 0.4) is 0 Å². The molecule has 0 aromatic carbocycles. The lowest BCUT2D eigenvalue weighted by molar-refractivity contribution is 0.0941. The molecule has 1 saturated carbocycles. The quantitative estimate of drug-likeness (QED) is 0.790. The van der Waals surface area contributed by atoms with Gasteiger partial charge in [-0.3, -0.25) is 0 Å². The van der Waals surface area contributed by atoms with Crippen molar-refractivity contribution < 1.29 is 14.4 Å². The Labute approximate surface area is 118 Å². The van der Waals surface area contributed by atoms with Crippen LogP contribution in [0.2, 0.25) is 0 Å². The third kappa shape index (κ3) is 3.30. The van der Waals surface area contributed by atoms with Crippen LogP contribution < -0.4 is 10.6 Å². The van der Waals surface area contributed by atoms with Crippen molar-refractivity contribution in [3.63, 3.8) is 0 Å². The molecule has 3 N–H and O–H groups in total. The van der Waals surface area contributed by atoms with Crippen molar-refractivity contribution in [2.45, 2.75) is 64.6 Å². The van der Waals surface area contributed by atoms with Gasteiger partial charge in [0.1, 0.15) is 5.76 Å². The van der Waals surface area contributed by atoms with E-state index in [1.165, 1.54) is 0 Å². The Morgan fingerprint density at radius 2 is 2.10 bits per heavy atom. The van der Waals surface area contributed by atoms with Crippen molar-refractivity contribution in [3.8, 4) is 0 Å². The minimum Gasteiger partial charge on any atom is -0.391 e. The maximum Gasteiger partial charge on any atom is 0.315 e. The molecule has 20 heavy (non-hydrogen) atoms. The number of hydrogen-bond donors (Lipinski definition) is 3. The highest BCUT2D eigenvalue weighted by Gasteiger charge is 2.25. The van der Waals surface area contributed by atoms with E-state index in [-0.39, 0.29) is 18.1 Å². The van der Waals surface area contributed by atoms with E-state index >= 15 is 0 Å². The van der Waals surface area contributed by atoms with Crippen LogP contribution in [-0.4, -0.2) is 28.4 Å². The predicted molar refractivity (Wildman–Crippen MR) is 74.3 cm³/mol. The van der Waals surface area contributed by atoms with E-state index in [1.807, 2.05) is 20.8 Å². The lowest BCUT2D eigenvalue weighted by Crippen LogP contribution is -2.49. The summed E-state index contributed by atoms with van der Waals surface area (Å²) in [4.78, 5) is 12.0. The molecule has 0 bridgehead atoms. The van der Waals surface area contributed by atoms with Crippen molar-refractivity contribution in [2.24, 2.45) is 0 Å². The first kappa shape index (κ1) is 14.8. The number of carbonyl (C=O) groups is 1. The van der Waals surface area contributed by atoms with Crippen molar-refractivity contribution in [3.05, 3.63) is 17.0 Å². The minimum absolute atomic E-state index is 0.152. The van der Waals surface area contributed by atoms with Gasteiger partial charge in [-0.25, -0.2) is 4.79 Å². The Morgan fingerprint density at radius 3 is 2.70 bits per heavy atom. The van der Waals surface area contributed by atoms with Gasteiger partial charge in [0.15, 0.2) is 0 Å². The first-order chi connectivity index (χ1) is 9.49. The topological polar surface area (TPSA) is 87.4 Å². The average molecular weight is 281 g/mol. The van der Waals surface area contributed by atoms with Gasteiger partial charge in [0, 0.05) is 5.56 Å². The van der Waals surface area contributed by atoms with Gasteiger partial charge < -0.3 is 20.3 Å². The molecule has 3 unspecified atom stereocenters. The van der Waals surface area contributed by atoms with E-state index in [0.717, 1.165) is 36.9 Å². The van der Waals surface area contributed by atoms with Crippen molar-refractivity contribution in [1.82, 2.24) is 15.8 Å². The summed E-state index contributed by atoms with van der Waals surface area (Å²) < 4.78 is 5.10. The van der Waals surface area contributed by atoms with Gasteiger partial charge in [0.2, 0.25) is 0 Å². The minimum atomic E-state index is -0.441. The molecular weight excluding hydrogens is 258 g/mol. The first-order valence-corrected chi connectivity index (χ1v) is 7.17. The van der Waals surface area contributed by atoms with Gasteiger partial charge in [-0.2, -0.15) is 0 Å². The molecule has 0 spiro atoms. The Bertz CT molecular complexity index is 453. The summed E-state index contributed by atoms with van der Waals surface area (Å²) in [7, 11) is 0. The zero-order chi connectivity index (χ0) is 14.7. The summed E-state index contributed by atoms with van der Waals surface area (Å²) >= 11 is 0. The van der Waals surface area contributed by atoms with Crippen LogP contribution in [-0.2, 0) is 0 Å². The average Bonchev–Trinajstić information content (AvgIpc) is 2.72. The Morgan fingerprint density at radius 1 is 1.40 bits per heavy atom. The SMILES string of the molecule is Cc1noc(C)c1C(C)NC(=O)NC1CCCCC1O. The van der Waals surface area contributed by atoms with E-state index in [1.54, 1.807) is 0 Å². The maximum absolute atomic E-state index is 12.0. The molecule has 1 fully saturated rings. The lowest BCUT2D eigenvalue weighted by Gasteiger charge is -2.29. The Kier molecular flexibility index (Phi) is 4.65. The molecule has 112 valence electrons. The number of hydrogen-bond acceptors (Lipinski definition) is 4. The summed E-state index contributed by atoms with van der Waals surface area (Å²) in [6, 6.07) is -0.592. The summed E-state index contributed by atoms with van der Waals surface area (Å²) in [5, 5.41) is 19.5. The number of urea groups is 1. The van der Waals surface area contributed by atoms with Gasteiger partial charge in [0.05, 0.1) is 23.9 Å². The zero-order valence-electron chi connectivity index (χ0n) is 12.3. The fourth-order valence-electron chi connectivity index (χ4n) is 2.87. The Balaban J connectivity index is 1.91. The molecule has 0 saturated heterocycles. The maximum atomic E-state index is 12.0. The van der Waals surface area contributed by atoms with Gasteiger partial charge in [0.25, 0.3) is 0 Å². The van der Waals surface area contributed by atoms with Crippen LogP contribution in [0.1, 0.15) is 55.7 Å². The number of nitrogens with zero attached hydrogens (tertiary/aromatic N) is 1. The van der Waals surface area contributed by atoms with Crippen molar-refractivity contribution in [2.75, 3.05) is 0 Å². The number of amides is 2. The molecule has 1 aromatic rings. The van der Waals surface area contributed by atoms with Gasteiger partial charge >= 0.3 is 6.03 Å². The smallest absolute Gasteiger partial charge is 0.315 e. The zero-order valence-corrected chi connectivity index (χ0v) is 12.3. The predicted octanol–water partition coefficient (Wildman–Crippen LogP) is 1.96. The van der Waals surface area contributed by atoms with Gasteiger partial charge in [-0.05, 0) is 33.6 Å². The van der Waals surface area contributed by atoms with Gasteiger partial charge in [-0.15, -0.1) is 0 Å². The highest BCUT2D eigenvalue weighted by Crippen LogP contribution is 2.21. The summed E-state index contributed by atoms with van der Waals surface area (Å²) in [5.74, 6) is 0.716. The van der Waals surface area contributed by atoms with Crippen molar-refractivity contribution in [1.29, 1.82) is 0 Å². The molecule has 2 rings (SSSR count). The van der Waals surface area contributed by atoms with Gasteiger partial charge in [-0.1, -0.05) is 18.0 Å². The van der Waals surface area contributed by atoms with Crippen LogP contribution in [0.5, 0.6) is 0 Å². The molecule has 0 radical (unpaired) electrons. The third-order valence-corrected chi connectivity index (χ3v) is 3.92. The molecule has 1 aliphatic rings. The number of aromatic nitrogens is 1. The first-order valence-electron chi connectivity index (χ1n) is 7.17. The molecule has 1 aliphatic carbocycles. The number of aliphatic hydroxyl groups excluding tert-OH is 1. The van der Waals surface area contributed by atoms with E-state index in [0.29, 0.717) is 5.76 Å². The number of rotatable bonds is 3. The van der Waals surface area contributed by atoms with Crippen LogP contribution >= 0.6 is 0 Å². The van der Waals surface area contributed by atoms with Crippen molar-refractivity contribution >= 4 is 6.03 Å². The second kappa shape index (κ2) is 6.26. The summed E-state index contributed by atoms with van der Waals surface area (Å²) in [5.41, 5.74) is 1.69. The summed E-state index contributed by atoms with van der Waals surface area (Å²) in [6.45, 7) is 5.58. The van der Waals surface area contributed by atoms with E-state index in [4.69, 9.17) is 4.52 Å². The number of aliphatic hydroxyl groups is 1. The number of aryl methyl sites for hydroxylation is 2. The van der Waals surface area contributed by atoms with E-state index in [9.17, 15) is 9.90 Å². The lowest BCUT2D eigenvalue weighted by atomic mass is 9.93. The molecule has 0 aliphatic heterocycles. The highest BCUT2D eigenvalue weighted by atomic mass is 16.5. The number of carbonyl (C=O) groups excluding carboxylic acids is 1. The normalized spacial score (nSPS) is 24.2. The second-order valence-corrected chi connectivity index (χ2v) is 5.54. The highest BCUT2D eigenvalue weighted by molar-refractivity contribution is 5.74. The molecule has 3 atom stereocenters. The second-order valence-electron chi connectivity index (χ2n) is 5.54. The molecule has 1 heterocycles. The molecular formula is C14H23N3O3. The molecule has 6 nitrogen and oxygen atoms in total. The van der Waals surface area contributed by atoms with Crippen LogP contribution in [0.25, 0.3) is 0 Å². The third-order valence-electron chi connectivity index (χ3n) is 3.92. The fraction of sp³-hybridized carbons (Fsp3) is 0.714. The van der Waals surface area contributed by atoms with E-state index < -0.39 is 6.10 Å². The number of nitrogens with one attached hydrogen (secondary N) is 2. The molecule has 6 heteroatoms. The van der Waals surface area contributed by atoms with Crippen LogP contribution in [0.15, 0.2) is 4.52 Å². The standard InChI is InChI=1S/C14H23N3O3/c1-8(13-9(2)17-20-10(13)3)15-14(19)16-11-6-4-5-7-12(11)18/h8,11-12,18H,4-7H2,1-3H3,(H2,15,16,19). The van der Waals surface area contributed by atoms with Crippen LogP contribution in [0.4, 0.5) is 4.79 Å².